The highest BCUT2D eigenvalue weighted by Gasteiger charge is 2.25. The number of hydrogen-bond acceptors (Lipinski definition) is 4. The Hall–Kier alpha value is -2.83. The lowest BCUT2D eigenvalue weighted by Gasteiger charge is -2.28. The summed E-state index contributed by atoms with van der Waals surface area (Å²) in [6, 6.07) is 8.36. The highest BCUT2D eigenvalue weighted by atomic mass is 19.1. The molecule has 1 amide bonds. The van der Waals surface area contributed by atoms with E-state index in [1.807, 2.05) is 26.0 Å². The molecule has 3 rings (SSSR count). The van der Waals surface area contributed by atoms with Gasteiger partial charge in [0.1, 0.15) is 19.0 Å². The molecule has 1 N–H and O–H groups in total. The van der Waals surface area contributed by atoms with Gasteiger partial charge in [-0.25, -0.2) is 8.78 Å². The smallest absolute Gasteiger partial charge is 0.258 e. The summed E-state index contributed by atoms with van der Waals surface area (Å²) in [6.07, 6.45) is 0. The molecule has 0 radical (unpaired) electrons. The van der Waals surface area contributed by atoms with Crippen molar-refractivity contribution < 1.29 is 27.8 Å². The summed E-state index contributed by atoms with van der Waals surface area (Å²) in [4.78, 5) is 12.2. The van der Waals surface area contributed by atoms with Crippen molar-refractivity contribution in [3.63, 3.8) is 0 Å². The van der Waals surface area contributed by atoms with Gasteiger partial charge in [0, 0.05) is 6.07 Å². The minimum absolute atomic E-state index is 0.182. The number of carbonyl (C=O) groups excluding carboxylic acids is 1. The Labute approximate surface area is 149 Å². The summed E-state index contributed by atoms with van der Waals surface area (Å²) in [6.45, 7) is 4.24. The van der Waals surface area contributed by atoms with Crippen molar-refractivity contribution >= 4 is 5.91 Å². The molecule has 0 spiro atoms. The van der Waals surface area contributed by atoms with Crippen molar-refractivity contribution in [2.45, 2.75) is 19.4 Å². The van der Waals surface area contributed by atoms with Crippen LogP contribution in [-0.4, -0.2) is 25.7 Å². The Bertz CT molecular complexity index is 823. The lowest BCUT2D eigenvalue weighted by atomic mass is 9.93. The minimum atomic E-state index is -0.858. The molecule has 0 aromatic heterocycles. The van der Waals surface area contributed by atoms with Crippen molar-refractivity contribution in [3.8, 4) is 17.2 Å². The SMILES string of the molecule is CC(C)(NC(=O)COc1ccc(F)cc1F)c1ccc2c(c1)OCCO2. The highest BCUT2D eigenvalue weighted by molar-refractivity contribution is 5.78. The first kappa shape index (κ1) is 18.0. The predicted molar refractivity (Wildman–Crippen MR) is 90.5 cm³/mol. The predicted octanol–water partition coefficient (Wildman–Crippen LogP) is 3.17. The van der Waals surface area contributed by atoms with E-state index in [1.165, 1.54) is 0 Å². The van der Waals surface area contributed by atoms with Crippen LogP contribution in [0.4, 0.5) is 8.78 Å². The zero-order chi connectivity index (χ0) is 18.7. The number of hydrogen-bond donors (Lipinski definition) is 1. The maximum Gasteiger partial charge on any atom is 0.258 e. The average Bonchev–Trinajstić information content (AvgIpc) is 2.60. The number of benzene rings is 2. The second-order valence-electron chi connectivity index (χ2n) is 6.40. The van der Waals surface area contributed by atoms with E-state index in [9.17, 15) is 13.6 Å². The fourth-order valence-electron chi connectivity index (χ4n) is 2.62. The lowest BCUT2D eigenvalue weighted by Crippen LogP contribution is -2.43. The van der Waals surface area contributed by atoms with Crippen LogP contribution in [0.25, 0.3) is 0 Å². The van der Waals surface area contributed by atoms with Crippen LogP contribution in [-0.2, 0) is 10.3 Å². The molecule has 138 valence electrons. The molecule has 1 aliphatic rings. The average molecular weight is 363 g/mol. The fraction of sp³-hybridized carbons (Fsp3) is 0.316. The Morgan fingerprint density at radius 3 is 2.58 bits per heavy atom. The number of ether oxygens (including phenoxy) is 3. The molecule has 1 heterocycles. The summed E-state index contributed by atoms with van der Waals surface area (Å²) in [5.74, 6) is -0.895. The molecule has 5 nitrogen and oxygen atoms in total. The Kier molecular flexibility index (Phi) is 4.97. The first-order chi connectivity index (χ1) is 12.3. The normalized spacial score (nSPS) is 13.2. The van der Waals surface area contributed by atoms with E-state index in [0.29, 0.717) is 30.8 Å². The van der Waals surface area contributed by atoms with Gasteiger partial charge in [-0.1, -0.05) is 6.07 Å². The maximum absolute atomic E-state index is 13.5. The number of nitrogens with one attached hydrogen (secondary N) is 1. The van der Waals surface area contributed by atoms with Gasteiger partial charge in [0.2, 0.25) is 0 Å². The van der Waals surface area contributed by atoms with Crippen molar-refractivity contribution in [3.05, 3.63) is 53.6 Å². The molecule has 0 fully saturated rings. The minimum Gasteiger partial charge on any atom is -0.486 e. The van der Waals surface area contributed by atoms with Crippen LogP contribution >= 0.6 is 0 Å². The third kappa shape index (κ3) is 4.04. The first-order valence-corrected chi connectivity index (χ1v) is 8.14. The van der Waals surface area contributed by atoms with Gasteiger partial charge in [-0.2, -0.15) is 0 Å². The van der Waals surface area contributed by atoms with Crippen molar-refractivity contribution in [2.24, 2.45) is 0 Å². The Morgan fingerprint density at radius 2 is 1.85 bits per heavy atom. The van der Waals surface area contributed by atoms with E-state index >= 15 is 0 Å². The van der Waals surface area contributed by atoms with Crippen LogP contribution in [0.2, 0.25) is 0 Å². The molecule has 0 saturated carbocycles. The molecule has 0 bridgehead atoms. The molecule has 1 aliphatic heterocycles. The molecule has 0 unspecified atom stereocenters. The Morgan fingerprint density at radius 1 is 1.12 bits per heavy atom. The second kappa shape index (κ2) is 7.19. The van der Waals surface area contributed by atoms with Gasteiger partial charge in [0.15, 0.2) is 29.7 Å². The zero-order valence-electron chi connectivity index (χ0n) is 14.5. The monoisotopic (exact) mass is 363 g/mol. The van der Waals surface area contributed by atoms with Crippen LogP contribution in [0.15, 0.2) is 36.4 Å². The first-order valence-electron chi connectivity index (χ1n) is 8.14. The van der Waals surface area contributed by atoms with E-state index in [-0.39, 0.29) is 5.75 Å². The topological polar surface area (TPSA) is 56.8 Å². The van der Waals surface area contributed by atoms with Crippen LogP contribution < -0.4 is 19.5 Å². The summed E-state index contributed by atoms with van der Waals surface area (Å²) in [7, 11) is 0. The molecule has 0 aliphatic carbocycles. The molecule has 2 aromatic rings. The number of rotatable bonds is 5. The summed E-state index contributed by atoms with van der Waals surface area (Å²) < 4.78 is 42.6. The standard InChI is InChI=1S/C19H19F2NO4/c1-19(2,12-3-5-16-17(9-12)25-8-7-24-16)22-18(23)11-26-15-6-4-13(20)10-14(15)21/h3-6,9-10H,7-8,11H2,1-2H3,(H,22,23). The van der Waals surface area contributed by atoms with Gasteiger partial charge in [-0.15, -0.1) is 0 Å². The van der Waals surface area contributed by atoms with Crippen molar-refractivity contribution in [1.82, 2.24) is 5.32 Å². The number of halogens is 2. The Balaban J connectivity index is 1.64. The van der Waals surface area contributed by atoms with E-state index in [1.54, 1.807) is 6.07 Å². The summed E-state index contributed by atoms with van der Waals surface area (Å²) >= 11 is 0. The van der Waals surface area contributed by atoms with E-state index in [4.69, 9.17) is 14.2 Å². The van der Waals surface area contributed by atoms with Crippen LogP contribution in [0.1, 0.15) is 19.4 Å². The quantitative estimate of drug-likeness (QED) is 0.887. The van der Waals surface area contributed by atoms with Crippen molar-refractivity contribution in [1.29, 1.82) is 0 Å². The van der Waals surface area contributed by atoms with Gasteiger partial charge in [0.05, 0.1) is 5.54 Å². The fourth-order valence-corrected chi connectivity index (χ4v) is 2.62. The van der Waals surface area contributed by atoms with Gasteiger partial charge in [-0.3, -0.25) is 4.79 Å². The summed E-state index contributed by atoms with van der Waals surface area (Å²) in [5.41, 5.74) is 0.112. The molecule has 7 heteroatoms. The van der Waals surface area contributed by atoms with Gasteiger partial charge in [-0.05, 0) is 43.7 Å². The van der Waals surface area contributed by atoms with Crippen LogP contribution in [0.3, 0.4) is 0 Å². The van der Waals surface area contributed by atoms with Crippen molar-refractivity contribution in [2.75, 3.05) is 19.8 Å². The molecule has 2 aromatic carbocycles. The molecular formula is C19H19F2NO4. The van der Waals surface area contributed by atoms with E-state index in [0.717, 1.165) is 17.7 Å². The third-order valence-corrected chi connectivity index (χ3v) is 3.97. The highest BCUT2D eigenvalue weighted by Crippen LogP contribution is 2.34. The lowest BCUT2D eigenvalue weighted by molar-refractivity contribution is -0.124. The van der Waals surface area contributed by atoms with Gasteiger partial charge >= 0.3 is 0 Å². The summed E-state index contributed by atoms with van der Waals surface area (Å²) in [5, 5.41) is 2.82. The third-order valence-electron chi connectivity index (χ3n) is 3.97. The number of fused-ring (bicyclic) bond motifs is 1. The second-order valence-corrected chi connectivity index (χ2v) is 6.40. The molecular weight excluding hydrogens is 344 g/mol. The molecule has 0 atom stereocenters. The largest absolute Gasteiger partial charge is 0.486 e. The number of carbonyl (C=O) groups is 1. The van der Waals surface area contributed by atoms with E-state index < -0.39 is 29.7 Å². The zero-order valence-corrected chi connectivity index (χ0v) is 14.5. The maximum atomic E-state index is 13.5. The van der Waals surface area contributed by atoms with Gasteiger partial charge < -0.3 is 19.5 Å². The van der Waals surface area contributed by atoms with Gasteiger partial charge in [0.25, 0.3) is 5.91 Å². The number of amides is 1. The molecule has 0 saturated heterocycles. The van der Waals surface area contributed by atoms with Crippen LogP contribution in [0.5, 0.6) is 17.2 Å². The van der Waals surface area contributed by atoms with Crippen LogP contribution in [0, 0.1) is 11.6 Å². The molecule has 26 heavy (non-hydrogen) atoms. The van der Waals surface area contributed by atoms with E-state index in [2.05, 4.69) is 5.32 Å².